The highest BCUT2D eigenvalue weighted by atomic mass is 19.3. The fourth-order valence-corrected chi connectivity index (χ4v) is 10.1. The average molecular weight is 1010 g/mol. The van der Waals surface area contributed by atoms with Crippen molar-refractivity contribution in [2.45, 2.75) is 117 Å². The number of methoxy groups -OCH3 is 1. The first kappa shape index (κ1) is 55.9. The molecule has 16 nitrogen and oxygen atoms in total. The van der Waals surface area contributed by atoms with Crippen molar-refractivity contribution in [2.75, 3.05) is 54.5 Å². The number of halogens is 2. The van der Waals surface area contributed by atoms with Crippen LogP contribution >= 0.6 is 0 Å². The number of ether oxygens (including phenoxy) is 2. The molecule has 1 aromatic heterocycles. The van der Waals surface area contributed by atoms with E-state index in [-0.39, 0.29) is 50.9 Å². The van der Waals surface area contributed by atoms with Gasteiger partial charge in [-0.1, -0.05) is 52.5 Å². The average Bonchev–Trinajstić information content (AvgIpc) is 3.96. The van der Waals surface area contributed by atoms with Gasteiger partial charge in [0.2, 0.25) is 11.8 Å². The van der Waals surface area contributed by atoms with Crippen molar-refractivity contribution in [1.29, 1.82) is 0 Å². The largest absolute Gasteiger partial charge is 0.508 e. The van der Waals surface area contributed by atoms with Crippen LogP contribution in [0.2, 0.25) is 0 Å². The molecule has 5 atom stereocenters. The molecule has 18 heteroatoms. The maximum Gasteiger partial charge on any atom is 0.369 e. The number of carbonyl (C=O) groups is 5. The molecule has 4 heterocycles. The summed E-state index contributed by atoms with van der Waals surface area (Å²) in [6, 6.07) is 4.42. The SMILES string of the molecule is C=C/C(=C(\N=C/C)[C@H](C)OC)c1c2c3cc(ccc3n1CC)-c1cc(O)cc(c1)C[C@H](NC(=O)[C@H](C(C)C)N(C)C(=O)C1CCN(C(=O)C#CC(F)(F)N(C)C)C1)C(=O)N1CCC[C@H](N1)C(=O)OCC(C)(C)C2. The van der Waals surface area contributed by atoms with Crippen LogP contribution in [0.1, 0.15) is 84.5 Å². The molecular formula is C55H72F2N8O8. The predicted molar refractivity (Wildman–Crippen MR) is 277 cm³/mol. The number of hydrogen-bond donors (Lipinski definition) is 3. The Kier molecular flexibility index (Phi) is 17.8. The standard InChI is InChI=1S/C55H72F2N8O8/c1-13-40(47(58-14-2)34(6)72-12)49-42-30-54(7,8)32-73-53(71)43-17-16-23-65(60-43)52(70)44(27-35-25-38(28-39(66)26-35)36-18-19-45(41(42)29-36)64(49)15-3)59-50(68)48(33(4)5)62(11)51(69)37-21-24-63(31-37)46(67)20-22-55(56,57)61(9)10/h13-14,18-19,25-26,28-29,33-34,37,43-44,48,60,66H,1,15-17,21,23-24,27,30-32H2,2-12H3,(H,59,68)/b47-40+,58-14-/t34-,37?,43-,44-,48-/m0/s1. The molecule has 6 bridgehead atoms. The number of aromatic hydroxyl groups is 1. The van der Waals surface area contributed by atoms with Gasteiger partial charge in [0.15, 0.2) is 0 Å². The summed E-state index contributed by atoms with van der Waals surface area (Å²) in [6.07, 6.45) is 4.63. The molecule has 2 fully saturated rings. The second-order valence-corrected chi connectivity index (χ2v) is 20.5. The van der Waals surface area contributed by atoms with Crippen LogP contribution in [-0.4, -0.2) is 150 Å². The Morgan fingerprint density at radius 3 is 2.47 bits per heavy atom. The number of aromatic nitrogens is 1. The van der Waals surface area contributed by atoms with Crippen molar-refractivity contribution in [1.82, 2.24) is 35.0 Å². The molecule has 3 aromatic rings. The van der Waals surface area contributed by atoms with Crippen LogP contribution in [0.4, 0.5) is 8.78 Å². The van der Waals surface area contributed by atoms with Crippen LogP contribution < -0.4 is 10.7 Å². The quantitative estimate of drug-likeness (QED) is 0.0623. The third kappa shape index (κ3) is 12.5. The lowest BCUT2D eigenvalue weighted by molar-refractivity contribution is -0.155. The lowest BCUT2D eigenvalue weighted by Crippen LogP contribution is -2.62. The number of fused-ring (bicyclic) bond motifs is 6. The van der Waals surface area contributed by atoms with E-state index in [2.05, 4.69) is 34.9 Å². The number of amides is 4. The fraction of sp³-hybridized carbons (Fsp3) is 0.527. The molecule has 3 N–H and O–H groups in total. The van der Waals surface area contributed by atoms with E-state index < -0.39 is 71.0 Å². The summed E-state index contributed by atoms with van der Waals surface area (Å²) in [5.74, 6) is -0.535. The fourth-order valence-electron chi connectivity index (χ4n) is 10.1. The summed E-state index contributed by atoms with van der Waals surface area (Å²) in [7, 11) is 5.40. The highest BCUT2D eigenvalue weighted by Gasteiger charge is 2.41. The Morgan fingerprint density at radius 1 is 1.10 bits per heavy atom. The number of aryl methyl sites for hydroxylation is 1. The maximum atomic E-state index is 14.8. The summed E-state index contributed by atoms with van der Waals surface area (Å²) in [6.45, 7) is 18.6. The number of aliphatic imine (C=N–C) groups is 1. The first-order chi connectivity index (χ1) is 34.4. The number of nitrogens with one attached hydrogen (secondary N) is 2. The summed E-state index contributed by atoms with van der Waals surface area (Å²) in [4.78, 5) is 78.2. The van der Waals surface area contributed by atoms with E-state index in [1.165, 1.54) is 21.9 Å². The zero-order valence-corrected chi connectivity index (χ0v) is 44.1. The van der Waals surface area contributed by atoms with Crippen LogP contribution in [-0.2, 0) is 52.8 Å². The molecule has 0 spiro atoms. The van der Waals surface area contributed by atoms with Crippen molar-refractivity contribution in [3.05, 3.63) is 71.6 Å². The van der Waals surface area contributed by atoms with Gasteiger partial charge in [0.1, 0.15) is 23.9 Å². The smallest absolute Gasteiger partial charge is 0.369 e. The van der Waals surface area contributed by atoms with Crippen molar-refractivity contribution in [3.8, 4) is 28.7 Å². The molecule has 0 saturated carbocycles. The molecule has 0 aliphatic carbocycles. The minimum Gasteiger partial charge on any atom is -0.508 e. The zero-order valence-electron chi connectivity index (χ0n) is 44.1. The molecule has 3 aliphatic heterocycles. The van der Waals surface area contributed by atoms with Gasteiger partial charge in [-0.05, 0) is 119 Å². The van der Waals surface area contributed by atoms with Gasteiger partial charge in [0, 0.05) is 80.8 Å². The predicted octanol–water partition coefficient (Wildman–Crippen LogP) is 6.19. The second kappa shape index (κ2) is 23.2. The van der Waals surface area contributed by atoms with Gasteiger partial charge < -0.3 is 34.3 Å². The molecule has 0 radical (unpaired) electrons. The Bertz CT molecular complexity index is 2730. The number of likely N-dealkylation sites (tertiary alicyclic amines) is 1. The monoisotopic (exact) mass is 1010 g/mol. The van der Waals surface area contributed by atoms with Crippen LogP contribution in [0.15, 0.2) is 59.7 Å². The van der Waals surface area contributed by atoms with Gasteiger partial charge in [0.05, 0.1) is 30.0 Å². The van der Waals surface area contributed by atoms with Gasteiger partial charge >= 0.3 is 12.0 Å². The Hall–Kier alpha value is -6.42. The highest BCUT2D eigenvalue weighted by molar-refractivity contribution is 5.97. The number of phenols is 1. The van der Waals surface area contributed by atoms with E-state index in [1.54, 1.807) is 51.3 Å². The van der Waals surface area contributed by atoms with Crippen molar-refractivity contribution in [3.63, 3.8) is 0 Å². The van der Waals surface area contributed by atoms with E-state index >= 15 is 0 Å². The van der Waals surface area contributed by atoms with Gasteiger partial charge in [-0.25, -0.2) is 10.3 Å². The minimum absolute atomic E-state index is 0.0495. The van der Waals surface area contributed by atoms with E-state index in [4.69, 9.17) is 14.5 Å². The third-order valence-corrected chi connectivity index (χ3v) is 14.0. The van der Waals surface area contributed by atoms with E-state index in [0.29, 0.717) is 47.5 Å². The van der Waals surface area contributed by atoms with E-state index in [0.717, 1.165) is 47.4 Å². The zero-order chi connectivity index (χ0) is 53.7. The lowest BCUT2D eigenvalue weighted by Gasteiger charge is -2.37. The number of rotatable bonds is 12. The molecule has 3 aliphatic rings. The number of hydrazine groups is 1. The highest BCUT2D eigenvalue weighted by Crippen LogP contribution is 2.41. The van der Waals surface area contributed by atoms with Gasteiger partial charge in [-0.15, -0.1) is 0 Å². The number of hydrogen-bond acceptors (Lipinski definition) is 11. The van der Waals surface area contributed by atoms with Crippen molar-refractivity contribution >= 4 is 52.3 Å². The maximum absolute atomic E-state index is 14.8. The van der Waals surface area contributed by atoms with Crippen LogP contribution in [0.25, 0.3) is 27.6 Å². The number of esters is 1. The molecule has 1 unspecified atom stereocenters. The molecular weight excluding hydrogens is 939 g/mol. The molecule has 2 saturated heterocycles. The normalized spacial score (nSPS) is 20.8. The molecule has 394 valence electrons. The first-order valence-electron chi connectivity index (χ1n) is 25.0. The topological polar surface area (TPSA) is 178 Å². The number of cyclic esters (lactones) is 1. The number of likely N-dealkylation sites (N-methyl/N-ethyl adjacent to an activating group) is 1. The van der Waals surface area contributed by atoms with Gasteiger partial charge in [-0.3, -0.25) is 34.0 Å². The van der Waals surface area contributed by atoms with Crippen LogP contribution in [0.5, 0.6) is 5.75 Å². The minimum atomic E-state index is -3.52. The third-order valence-electron chi connectivity index (χ3n) is 14.0. The Balaban J connectivity index is 1.41. The van der Waals surface area contributed by atoms with E-state index in [1.807, 2.05) is 51.8 Å². The van der Waals surface area contributed by atoms with Gasteiger partial charge in [-0.2, -0.15) is 8.78 Å². The van der Waals surface area contributed by atoms with E-state index in [9.17, 15) is 37.9 Å². The summed E-state index contributed by atoms with van der Waals surface area (Å²) < 4.78 is 42.4. The summed E-state index contributed by atoms with van der Waals surface area (Å²) in [5.41, 5.74) is 8.77. The molecule has 4 amide bonds. The lowest BCUT2D eigenvalue weighted by atomic mass is 9.84. The van der Waals surface area contributed by atoms with Gasteiger partial charge in [0.25, 0.3) is 11.8 Å². The first-order valence-corrected chi connectivity index (χ1v) is 25.0. The molecule has 6 rings (SSSR count). The van der Waals surface area contributed by atoms with Crippen molar-refractivity contribution < 1.29 is 47.3 Å². The number of allylic oxidation sites excluding steroid dienone is 2. The number of benzene rings is 2. The number of nitrogens with zero attached hydrogens (tertiary/aromatic N) is 6. The number of alkyl halides is 2. The molecule has 2 aromatic carbocycles. The van der Waals surface area contributed by atoms with Crippen molar-refractivity contribution in [2.24, 2.45) is 22.2 Å². The Labute approximate surface area is 427 Å². The summed E-state index contributed by atoms with van der Waals surface area (Å²) >= 11 is 0. The Morgan fingerprint density at radius 2 is 1.82 bits per heavy atom. The second-order valence-electron chi connectivity index (χ2n) is 20.5. The summed E-state index contributed by atoms with van der Waals surface area (Å²) in [5, 5.41) is 16.6. The van der Waals surface area contributed by atoms with Crippen LogP contribution in [0, 0.1) is 29.1 Å². The molecule has 73 heavy (non-hydrogen) atoms. The number of phenolic OH excluding ortho intramolecular Hbond substituents is 1. The number of carbonyl (C=O) groups excluding carboxylic acids is 5. The van der Waals surface area contributed by atoms with Crippen LogP contribution in [0.3, 0.4) is 0 Å².